The zero-order chi connectivity index (χ0) is 23.3. The van der Waals surface area contributed by atoms with Crippen LogP contribution in [0.25, 0.3) is 17.0 Å². The van der Waals surface area contributed by atoms with Gasteiger partial charge < -0.3 is 5.32 Å². The second-order valence-electron chi connectivity index (χ2n) is 8.11. The predicted octanol–water partition coefficient (Wildman–Crippen LogP) is 3.37. The fourth-order valence-corrected chi connectivity index (χ4v) is 4.81. The minimum atomic E-state index is -0.256. The van der Waals surface area contributed by atoms with E-state index in [2.05, 4.69) is 30.5 Å². The maximum atomic E-state index is 13.4. The summed E-state index contributed by atoms with van der Waals surface area (Å²) in [4.78, 5) is 19.1. The third-order valence-corrected chi connectivity index (χ3v) is 6.76. The van der Waals surface area contributed by atoms with Gasteiger partial charge in [-0.15, -0.1) is 10.2 Å². The fraction of sp³-hybridized carbons (Fsp3) is 0.292. The largest absolute Gasteiger partial charge is 0.353 e. The quantitative estimate of drug-likeness (QED) is 0.389. The molecule has 1 aliphatic heterocycles. The number of carbonyl (C=O) groups excluding carboxylic acids is 1. The van der Waals surface area contributed by atoms with Crippen molar-refractivity contribution in [1.82, 2.24) is 35.0 Å². The number of fused-ring (bicyclic) bond motifs is 1. The summed E-state index contributed by atoms with van der Waals surface area (Å²) < 4.78 is 15.1. The van der Waals surface area contributed by atoms with Crippen LogP contribution in [0.5, 0.6) is 0 Å². The first-order valence-electron chi connectivity index (χ1n) is 11.2. The van der Waals surface area contributed by atoms with Crippen molar-refractivity contribution >= 4 is 23.3 Å². The lowest BCUT2D eigenvalue weighted by atomic mass is 10.1. The van der Waals surface area contributed by atoms with E-state index in [1.54, 1.807) is 29.0 Å². The minimum Gasteiger partial charge on any atom is -0.353 e. The molecule has 1 fully saturated rings. The third-order valence-electron chi connectivity index (χ3n) is 5.84. The van der Waals surface area contributed by atoms with Crippen molar-refractivity contribution in [3.05, 3.63) is 72.3 Å². The highest BCUT2D eigenvalue weighted by Gasteiger charge is 2.24. The monoisotopic (exact) mass is 477 g/mol. The van der Waals surface area contributed by atoms with Crippen LogP contribution >= 0.6 is 11.8 Å². The molecular formula is C24H24FN7OS. The highest BCUT2D eigenvalue weighted by molar-refractivity contribution is 7.99. The normalized spacial score (nSPS) is 15.0. The number of nitrogens with one attached hydrogen (secondary N) is 1. The molecule has 4 aromatic rings. The van der Waals surface area contributed by atoms with Gasteiger partial charge in [-0.25, -0.2) is 4.39 Å². The molecule has 1 aromatic carbocycles. The van der Waals surface area contributed by atoms with Crippen molar-refractivity contribution in [2.75, 3.05) is 25.4 Å². The van der Waals surface area contributed by atoms with Gasteiger partial charge in [0.1, 0.15) is 10.8 Å². The molecule has 174 valence electrons. The molecule has 4 heterocycles. The van der Waals surface area contributed by atoms with Gasteiger partial charge in [-0.2, -0.15) is 9.61 Å². The highest BCUT2D eigenvalue weighted by atomic mass is 32.2. The smallest absolute Gasteiger partial charge is 0.230 e. The summed E-state index contributed by atoms with van der Waals surface area (Å²) in [5.41, 5.74) is 2.45. The van der Waals surface area contributed by atoms with Gasteiger partial charge in [0.2, 0.25) is 5.91 Å². The van der Waals surface area contributed by atoms with Gasteiger partial charge in [0.05, 0.1) is 11.8 Å². The summed E-state index contributed by atoms with van der Waals surface area (Å²) in [7, 11) is 0. The van der Waals surface area contributed by atoms with Crippen molar-refractivity contribution in [3.8, 4) is 11.4 Å². The van der Waals surface area contributed by atoms with Crippen molar-refractivity contribution in [1.29, 1.82) is 0 Å². The topological polar surface area (TPSA) is 88.3 Å². The molecule has 34 heavy (non-hydrogen) atoms. The molecule has 1 atom stereocenters. The third kappa shape index (κ3) is 5.07. The van der Waals surface area contributed by atoms with E-state index in [0.717, 1.165) is 37.1 Å². The van der Waals surface area contributed by atoms with Crippen LogP contribution in [-0.4, -0.2) is 61.0 Å². The maximum absolute atomic E-state index is 13.4. The number of benzene rings is 1. The van der Waals surface area contributed by atoms with E-state index >= 15 is 0 Å². The van der Waals surface area contributed by atoms with Crippen molar-refractivity contribution < 1.29 is 9.18 Å². The summed E-state index contributed by atoms with van der Waals surface area (Å²) in [5.74, 6) is 0.504. The van der Waals surface area contributed by atoms with Gasteiger partial charge >= 0.3 is 0 Å². The van der Waals surface area contributed by atoms with E-state index in [9.17, 15) is 9.18 Å². The van der Waals surface area contributed by atoms with Gasteiger partial charge in [0.25, 0.3) is 0 Å². The van der Waals surface area contributed by atoms with Crippen molar-refractivity contribution in [2.24, 2.45) is 0 Å². The zero-order valence-corrected chi connectivity index (χ0v) is 19.3. The Labute approximate surface area is 200 Å². The van der Waals surface area contributed by atoms with Crippen LogP contribution in [0, 0.1) is 5.82 Å². The van der Waals surface area contributed by atoms with Crippen LogP contribution in [0.4, 0.5) is 4.39 Å². The molecular weight excluding hydrogens is 453 g/mol. The molecule has 0 aliphatic carbocycles. The van der Waals surface area contributed by atoms with E-state index in [0.29, 0.717) is 23.0 Å². The SMILES string of the molecule is O=C(CSc1ccc2nnc(-c3cccnc3)n2n1)NC[C@H](c1ccc(F)cc1)N1CCCC1. The predicted molar refractivity (Wildman–Crippen MR) is 128 cm³/mol. The zero-order valence-electron chi connectivity index (χ0n) is 18.5. The Morgan fingerprint density at radius 2 is 1.91 bits per heavy atom. The number of rotatable bonds is 8. The van der Waals surface area contributed by atoms with Crippen LogP contribution in [-0.2, 0) is 4.79 Å². The Balaban J connectivity index is 1.22. The van der Waals surface area contributed by atoms with E-state index in [4.69, 9.17) is 0 Å². The molecule has 0 bridgehead atoms. The van der Waals surface area contributed by atoms with Crippen LogP contribution in [0.3, 0.4) is 0 Å². The maximum Gasteiger partial charge on any atom is 0.230 e. The molecule has 0 radical (unpaired) electrons. The van der Waals surface area contributed by atoms with Gasteiger partial charge in [-0.3, -0.25) is 14.7 Å². The van der Waals surface area contributed by atoms with E-state index < -0.39 is 0 Å². The van der Waals surface area contributed by atoms with Gasteiger partial charge in [0.15, 0.2) is 11.5 Å². The lowest BCUT2D eigenvalue weighted by Crippen LogP contribution is -2.37. The van der Waals surface area contributed by atoms with Gasteiger partial charge in [-0.1, -0.05) is 23.9 Å². The van der Waals surface area contributed by atoms with Crippen LogP contribution in [0.1, 0.15) is 24.4 Å². The molecule has 0 spiro atoms. The Kier molecular flexibility index (Phi) is 6.77. The van der Waals surface area contributed by atoms with Crippen LogP contribution in [0.15, 0.2) is 66.0 Å². The molecule has 1 saturated heterocycles. The molecule has 0 saturated carbocycles. The molecule has 1 aliphatic rings. The van der Waals surface area contributed by atoms with Gasteiger partial charge in [0, 0.05) is 24.5 Å². The number of pyridine rings is 1. The lowest BCUT2D eigenvalue weighted by molar-refractivity contribution is -0.118. The standard InChI is InChI=1S/C24H24FN7OS/c25-19-7-5-17(6-8-19)20(31-12-1-2-13-31)15-27-22(33)16-34-23-10-9-21-28-29-24(32(21)30-23)18-4-3-11-26-14-18/h3-11,14,20H,1-2,12-13,15-16H2,(H,27,33)/t20-/m1/s1. The number of hydrogen-bond acceptors (Lipinski definition) is 7. The van der Waals surface area contributed by atoms with E-state index in [1.165, 1.54) is 23.9 Å². The fourth-order valence-electron chi connectivity index (χ4n) is 4.12. The molecule has 3 aromatic heterocycles. The van der Waals surface area contributed by atoms with E-state index in [1.807, 2.05) is 24.3 Å². The molecule has 1 N–H and O–H groups in total. The molecule has 0 unspecified atom stereocenters. The highest BCUT2D eigenvalue weighted by Crippen LogP contribution is 2.25. The Morgan fingerprint density at radius 3 is 2.68 bits per heavy atom. The first kappa shape index (κ1) is 22.4. The second-order valence-corrected chi connectivity index (χ2v) is 9.11. The number of thioether (sulfide) groups is 1. The van der Waals surface area contributed by atoms with Crippen LogP contribution < -0.4 is 5.32 Å². The average molecular weight is 478 g/mol. The van der Waals surface area contributed by atoms with Crippen molar-refractivity contribution in [2.45, 2.75) is 23.9 Å². The summed E-state index contributed by atoms with van der Waals surface area (Å²) in [6.45, 7) is 2.44. The first-order chi connectivity index (χ1) is 16.7. The minimum absolute atomic E-state index is 0.0330. The van der Waals surface area contributed by atoms with Crippen LogP contribution in [0.2, 0.25) is 0 Å². The molecule has 1 amide bonds. The molecule has 8 nitrogen and oxygen atoms in total. The van der Waals surface area contributed by atoms with Gasteiger partial charge in [-0.05, 0) is 67.9 Å². The lowest BCUT2D eigenvalue weighted by Gasteiger charge is -2.28. The Morgan fingerprint density at radius 1 is 1.09 bits per heavy atom. The summed E-state index contributed by atoms with van der Waals surface area (Å²) in [6, 6.07) is 14.0. The number of halogens is 1. The Bertz CT molecular complexity index is 1260. The van der Waals surface area contributed by atoms with E-state index in [-0.39, 0.29) is 23.5 Å². The summed E-state index contributed by atoms with van der Waals surface area (Å²) in [6.07, 6.45) is 5.69. The van der Waals surface area contributed by atoms with Crippen molar-refractivity contribution in [3.63, 3.8) is 0 Å². The summed E-state index contributed by atoms with van der Waals surface area (Å²) >= 11 is 1.35. The second kappa shape index (κ2) is 10.3. The summed E-state index contributed by atoms with van der Waals surface area (Å²) in [5, 5.41) is 16.7. The number of nitrogens with zero attached hydrogens (tertiary/aromatic N) is 6. The number of likely N-dealkylation sites (tertiary alicyclic amines) is 1. The number of aromatic nitrogens is 5. The molecule has 10 heteroatoms. The first-order valence-corrected chi connectivity index (χ1v) is 12.2. The number of carbonyl (C=O) groups is 1. The number of hydrogen-bond donors (Lipinski definition) is 1. The number of amides is 1. The average Bonchev–Trinajstić information content (AvgIpc) is 3.55. The Hall–Kier alpha value is -3.37. The molecule has 5 rings (SSSR count).